The van der Waals surface area contributed by atoms with Crippen molar-refractivity contribution in [2.45, 2.75) is 70.8 Å². The van der Waals surface area contributed by atoms with Gasteiger partial charge in [0.25, 0.3) is 5.91 Å². The van der Waals surface area contributed by atoms with Crippen LogP contribution in [0.3, 0.4) is 0 Å². The molecule has 1 aliphatic carbocycles. The zero-order chi connectivity index (χ0) is 26.6. The number of esters is 1. The highest BCUT2D eigenvalue weighted by Crippen LogP contribution is 2.32. The van der Waals surface area contributed by atoms with E-state index in [1.165, 1.54) is 51.3 Å². The van der Waals surface area contributed by atoms with Crippen molar-refractivity contribution in [2.75, 3.05) is 20.3 Å². The van der Waals surface area contributed by atoms with Crippen molar-refractivity contribution >= 4 is 23.5 Å². The fourth-order valence-corrected chi connectivity index (χ4v) is 5.27. The lowest BCUT2D eigenvalue weighted by atomic mass is 9.82. The Hall–Kier alpha value is -2.44. The minimum Gasteiger partial charge on any atom is -0.469 e. The molecule has 0 bridgehead atoms. The molecular formula is C30H39ClFNO4. The number of halogens is 2. The summed E-state index contributed by atoms with van der Waals surface area (Å²) >= 11 is 6.20. The third kappa shape index (κ3) is 9.11. The van der Waals surface area contributed by atoms with Crippen LogP contribution in [0.2, 0.25) is 5.02 Å². The average Bonchev–Trinajstić information content (AvgIpc) is 2.91. The van der Waals surface area contributed by atoms with E-state index in [0.717, 1.165) is 18.8 Å². The maximum atomic E-state index is 15.1. The van der Waals surface area contributed by atoms with Gasteiger partial charge in [-0.15, -0.1) is 0 Å². The van der Waals surface area contributed by atoms with Gasteiger partial charge in [0, 0.05) is 35.7 Å². The molecule has 1 saturated carbocycles. The second-order valence-electron chi connectivity index (χ2n) is 9.95. The van der Waals surface area contributed by atoms with E-state index >= 15 is 4.39 Å². The van der Waals surface area contributed by atoms with E-state index in [1.54, 1.807) is 30.3 Å². The molecule has 3 rings (SSSR count). The van der Waals surface area contributed by atoms with Crippen LogP contribution < -0.4 is 5.32 Å². The summed E-state index contributed by atoms with van der Waals surface area (Å²) in [6.07, 6.45) is 8.53. The molecule has 7 heteroatoms. The Balaban J connectivity index is 1.72. The maximum Gasteiger partial charge on any atom is 0.305 e. The molecule has 1 unspecified atom stereocenters. The molecule has 2 aromatic rings. The zero-order valence-electron chi connectivity index (χ0n) is 21.9. The highest BCUT2D eigenvalue weighted by Gasteiger charge is 2.23. The van der Waals surface area contributed by atoms with Crippen molar-refractivity contribution < 1.29 is 23.5 Å². The average molecular weight is 532 g/mol. The summed E-state index contributed by atoms with van der Waals surface area (Å²) in [5.74, 6) is 0.158. The standard InChI is InChI=1S/C30H39ClFNO4/c1-3-21(17-22-9-5-4-6-10-22)20-33-30(35)24-14-15-27(32)26(19-24)29(23-11-7-12-25(31)18-23)37-16-8-13-28(34)36-2/h7,11-12,14-15,18-19,21-22,29H,3-6,8-10,13,16-17,20H2,1-2H3,(H,33,35)/t21?,29-/m0/s1. The highest BCUT2D eigenvalue weighted by molar-refractivity contribution is 6.30. The number of nitrogens with one attached hydrogen (secondary N) is 1. The van der Waals surface area contributed by atoms with Crippen molar-refractivity contribution in [3.63, 3.8) is 0 Å². The molecule has 202 valence electrons. The number of hydrogen-bond donors (Lipinski definition) is 1. The van der Waals surface area contributed by atoms with Gasteiger partial charge in [0.05, 0.1) is 7.11 Å². The van der Waals surface area contributed by atoms with Gasteiger partial charge in [0.1, 0.15) is 11.9 Å². The van der Waals surface area contributed by atoms with Crippen molar-refractivity contribution in [1.29, 1.82) is 0 Å². The smallest absolute Gasteiger partial charge is 0.305 e. The van der Waals surface area contributed by atoms with E-state index in [0.29, 0.717) is 35.0 Å². The normalized spacial score (nSPS) is 15.7. The number of carbonyl (C=O) groups excluding carboxylic acids is 2. The molecular weight excluding hydrogens is 493 g/mol. The number of amides is 1. The van der Waals surface area contributed by atoms with Crippen molar-refractivity contribution in [1.82, 2.24) is 5.32 Å². The fourth-order valence-electron chi connectivity index (χ4n) is 5.07. The Bertz CT molecular complexity index is 1020. The topological polar surface area (TPSA) is 64.6 Å². The van der Waals surface area contributed by atoms with Crippen LogP contribution in [0.5, 0.6) is 0 Å². The van der Waals surface area contributed by atoms with Gasteiger partial charge in [-0.25, -0.2) is 4.39 Å². The second-order valence-corrected chi connectivity index (χ2v) is 10.4. The highest BCUT2D eigenvalue weighted by atomic mass is 35.5. The molecule has 0 aromatic heterocycles. The number of carbonyl (C=O) groups is 2. The second kappa shape index (κ2) is 15.1. The van der Waals surface area contributed by atoms with Gasteiger partial charge in [-0.05, 0) is 60.6 Å². The lowest BCUT2D eigenvalue weighted by molar-refractivity contribution is -0.141. The lowest BCUT2D eigenvalue weighted by Gasteiger charge is -2.26. The molecule has 0 heterocycles. The summed E-state index contributed by atoms with van der Waals surface area (Å²) in [6.45, 7) is 2.99. The van der Waals surface area contributed by atoms with Crippen LogP contribution in [-0.4, -0.2) is 32.1 Å². The first-order chi connectivity index (χ1) is 17.9. The first-order valence-electron chi connectivity index (χ1n) is 13.4. The van der Waals surface area contributed by atoms with Gasteiger partial charge in [0.15, 0.2) is 0 Å². The SMILES string of the molecule is CCC(CNC(=O)c1ccc(F)c([C@@H](OCCCC(=O)OC)c2cccc(Cl)c2)c1)CC1CCCCC1. The Morgan fingerprint density at radius 3 is 2.62 bits per heavy atom. The summed E-state index contributed by atoms with van der Waals surface area (Å²) in [5, 5.41) is 3.57. The van der Waals surface area contributed by atoms with Crippen LogP contribution in [0.25, 0.3) is 0 Å². The van der Waals surface area contributed by atoms with Crippen molar-refractivity contribution in [2.24, 2.45) is 11.8 Å². The van der Waals surface area contributed by atoms with E-state index in [9.17, 15) is 9.59 Å². The fraction of sp³-hybridized carbons (Fsp3) is 0.533. The largest absolute Gasteiger partial charge is 0.469 e. The molecule has 1 aliphatic rings. The maximum absolute atomic E-state index is 15.1. The molecule has 1 N–H and O–H groups in total. The minimum absolute atomic E-state index is 0.198. The first kappa shape index (κ1) is 29.1. The molecule has 0 spiro atoms. The molecule has 2 aromatic carbocycles. The quantitative estimate of drug-likeness (QED) is 0.218. The molecule has 0 saturated heterocycles. The number of ether oxygens (including phenoxy) is 2. The van der Waals surface area contributed by atoms with Gasteiger partial charge in [-0.3, -0.25) is 9.59 Å². The van der Waals surface area contributed by atoms with E-state index in [2.05, 4.69) is 17.0 Å². The predicted octanol–water partition coefficient (Wildman–Crippen LogP) is 7.26. The number of hydrogen-bond acceptors (Lipinski definition) is 4. The first-order valence-corrected chi connectivity index (χ1v) is 13.8. The summed E-state index contributed by atoms with van der Waals surface area (Å²) < 4.78 is 25.8. The molecule has 1 fully saturated rings. The summed E-state index contributed by atoms with van der Waals surface area (Å²) in [6, 6.07) is 11.4. The summed E-state index contributed by atoms with van der Waals surface area (Å²) in [4.78, 5) is 24.5. The van der Waals surface area contributed by atoms with Crippen LogP contribution in [0.4, 0.5) is 4.39 Å². The molecule has 5 nitrogen and oxygen atoms in total. The van der Waals surface area contributed by atoms with E-state index in [1.807, 2.05) is 0 Å². The Kier molecular flexibility index (Phi) is 11.9. The zero-order valence-corrected chi connectivity index (χ0v) is 22.7. The van der Waals surface area contributed by atoms with Gasteiger partial charge < -0.3 is 14.8 Å². The molecule has 0 radical (unpaired) electrons. The van der Waals surface area contributed by atoms with Gasteiger partial charge in [0.2, 0.25) is 0 Å². The number of rotatable bonds is 13. The monoisotopic (exact) mass is 531 g/mol. The van der Waals surface area contributed by atoms with E-state index in [-0.39, 0.29) is 30.5 Å². The predicted molar refractivity (Wildman–Crippen MR) is 144 cm³/mol. The molecule has 1 amide bonds. The number of methoxy groups -OCH3 is 1. The minimum atomic E-state index is -0.779. The Labute approximate surface area is 225 Å². The van der Waals surface area contributed by atoms with Gasteiger partial charge >= 0.3 is 5.97 Å². The van der Waals surface area contributed by atoms with Crippen LogP contribution in [0.15, 0.2) is 42.5 Å². The number of benzene rings is 2. The molecule has 37 heavy (non-hydrogen) atoms. The molecule has 2 atom stereocenters. The molecule has 0 aliphatic heterocycles. The van der Waals surface area contributed by atoms with Gasteiger partial charge in [-0.2, -0.15) is 0 Å². The third-order valence-electron chi connectivity index (χ3n) is 7.25. The van der Waals surface area contributed by atoms with Gasteiger partial charge in [-0.1, -0.05) is 69.2 Å². The Morgan fingerprint density at radius 2 is 1.92 bits per heavy atom. The van der Waals surface area contributed by atoms with E-state index in [4.69, 9.17) is 16.3 Å². The van der Waals surface area contributed by atoms with Crippen molar-refractivity contribution in [3.8, 4) is 0 Å². The van der Waals surface area contributed by atoms with Crippen LogP contribution in [-0.2, 0) is 14.3 Å². The Morgan fingerprint density at radius 1 is 1.14 bits per heavy atom. The van der Waals surface area contributed by atoms with Crippen LogP contribution in [0, 0.1) is 17.7 Å². The summed E-state index contributed by atoms with van der Waals surface area (Å²) in [5.41, 5.74) is 1.30. The third-order valence-corrected chi connectivity index (χ3v) is 7.48. The van der Waals surface area contributed by atoms with Crippen LogP contribution >= 0.6 is 11.6 Å². The lowest BCUT2D eigenvalue weighted by Crippen LogP contribution is -2.30. The summed E-state index contributed by atoms with van der Waals surface area (Å²) in [7, 11) is 1.34. The van der Waals surface area contributed by atoms with Crippen LogP contribution in [0.1, 0.15) is 92.3 Å². The van der Waals surface area contributed by atoms with E-state index < -0.39 is 11.9 Å². The van der Waals surface area contributed by atoms with Crippen molar-refractivity contribution in [3.05, 3.63) is 70.0 Å².